The van der Waals surface area contributed by atoms with Crippen LogP contribution in [0.4, 0.5) is 0 Å². The summed E-state index contributed by atoms with van der Waals surface area (Å²) in [6, 6.07) is 9.12. The van der Waals surface area contributed by atoms with Gasteiger partial charge in [-0.1, -0.05) is 42.7 Å². The van der Waals surface area contributed by atoms with Crippen molar-refractivity contribution in [1.29, 1.82) is 0 Å². The molecule has 1 heterocycles. The van der Waals surface area contributed by atoms with E-state index in [0.29, 0.717) is 38.4 Å². The molecule has 5 fully saturated rings. The van der Waals surface area contributed by atoms with Gasteiger partial charge >= 0.3 is 0 Å². The van der Waals surface area contributed by atoms with E-state index in [2.05, 4.69) is 37.1 Å². The Morgan fingerprint density at radius 1 is 0.973 bits per heavy atom. The summed E-state index contributed by atoms with van der Waals surface area (Å²) in [5, 5.41) is 34.9. The van der Waals surface area contributed by atoms with Crippen LogP contribution in [0.1, 0.15) is 94.1 Å². The fourth-order valence-corrected chi connectivity index (χ4v) is 9.35. The average Bonchev–Trinajstić information content (AvgIpc) is 3.60. The second kappa shape index (κ2) is 8.16. The number of ether oxygens (including phenoxy) is 2. The summed E-state index contributed by atoms with van der Waals surface area (Å²) in [6.45, 7) is 3.35. The first-order chi connectivity index (χ1) is 17.7. The molecule has 5 heteroatoms. The summed E-state index contributed by atoms with van der Waals surface area (Å²) in [5.41, 5.74) is 2.53. The zero-order valence-corrected chi connectivity index (χ0v) is 21.9. The van der Waals surface area contributed by atoms with Gasteiger partial charge < -0.3 is 24.8 Å². The molecule has 3 N–H and O–H groups in total. The first kappa shape index (κ1) is 24.4. The lowest BCUT2D eigenvalue weighted by atomic mass is 9.49. The van der Waals surface area contributed by atoms with E-state index in [-0.39, 0.29) is 17.8 Å². The second-order valence-corrected chi connectivity index (χ2v) is 13.1. The Bertz CT molecular complexity index is 1150. The molecular formula is C32H40O5. The molecule has 1 saturated heterocycles. The van der Waals surface area contributed by atoms with E-state index >= 15 is 0 Å². The Morgan fingerprint density at radius 2 is 1.68 bits per heavy atom. The predicted molar refractivity (Wildman–Crippen MR) is 140 cm³/mol. The highest BCUT2D eigenvalue weighted by Crippen LogP contribution is 2.68. The van der Waals surface area contributed by atoms with Gasteiger partial charge in [-0.15, -0.1) is 6.42 Å². The molecule has 0 unspecified atom stereocenters. The van der Waals surface area contributed by atoms with Crippen molar-refractivity contribution in [3.05, 3.63) is 46.5 Å². The minimum Gasteiger partial charge on any atom is -0.386 e. The topological polar surface area (TPSA) is 79.2 Å². The molecule has 1 aromatic carbocycles. The summed E-state index contributed by atoms with van der Waals surface area (Å²) in [7, 11) is 0. The molecular weight excluding hydrogens is 464 g/mol. The number of aliphatic hydroxyl groups excluding tert-OH is 1. The fourth-order valence-electron chi connectivity index (χ4n) is 9.35. The maximum absolute atomic E-state index is 12.1. The van der Waals surface area contributed by atoms with E-state index < -0.39 is 28.5 Å². The Kier molecular flexibility index (Phi) is 5.38. The molecule has 198 valence electrons. The SMILES string of the molecule is C#C[C@H](O)[C@]1(O)CC[C@H]2[C@@H]3CC[C@@]4(O)CC5(CCC4=C3[C@@H](c3ccc(C4CC4)cc3)C[C@@]21C)OCCO5. The van der Waals surface area contributed by atoms with Gasteiger partial charge in [0, 0.05) is 24.2 Å². The van der Waals surface area contributed by atoms with Gasteiger partial charge in [-0.2, -0.15) is 0 Å². The molecule has 0 aromatic heterocycles. The maximum Gasteiger partial charge on any atom is 0.171 e. The number of rotatable bonds is 3. The van der Waals surface area contributed by atoms with Gasteiger partial charge in [-0.25, -0.2) is 0 Å². The highest BCUT2D eigenvalue weighted by atomic mass is 16.7. The molecule has 1 spiro atoms. The van der Waals surface area contributed by atoms with Crippen molar-refractivity contribution >= 4 is 0 Å². The van der Waals surface area contributed by atoms with Crippen molar-refractivity contribution in [2.45, 2.75) is 106 Å². The lowest BCUT2D eigenvalue weighted by Gasteiger charge is -2.58. The quantitative estimate of drug-likeness (QED) is 0.416. The summed E-state index contributed by atoms with van der Waals surface area (Å²) in [6.07, 6.45) is 12.7. The van der Waals surface area contributed by atoms with Crippen LogP contribution in [0.15, 0.2) is 35.4 Å². The van der Waals surface area contributed by atoms with Crippen LogP contribution in [-0.2, 0) is 9.47 Å². The number of terminal acetylenes is 1. The number of fused-ring (bicyclic) bond motifs is 4. The third-order valence-electron chi connectivity index (χ3n) is 11.4. The number of aliphatic hydroxyl groups is 3. The van der Waals surface area contributed by atoms with E-state index in [4.69, 9.17) is 15.9 Å². The normalized spacial score (nSPS) is 43.2. The molecule has 5 aliphatic carbocycles. The van der Waals surface area contributed by atoms with Crippen molar-refractivity contribution in [2.24, 2.45) is 17.3 Å². The van der Waals surface area contributed by atoms with E-state index in [1.807, 2.05) is 0 Å². The van der Waals surface area contributed by atoms with Crippen LogP contribution >= 0.6 is 0 Å². The minimum absolute atomic E-state index is 0.0791. The predicted octanol–water partition coefficient (Wildman–Crippen LogP) is 4.56. The molecule has 5 nitrogen and oxygen atoms in total. The Hall–Kier alpha value is -1.68. The zero-order chi connectivity index (χ0) is 25.6. The Labute approximate surface area is 220 Å². The summed E-state index contributed by atoms with van der Waals surface area (Å²) < 4.78 is 12.1. The summed E-state index contributed by atoms with van der Waals surface area (Å²) in [4.78, 5) is 0. The number of hydrogen-bond donors (Lipinski definition) is 3. The smallest absolute Gasteiger partial charge is 0.171 e. The van der Waals surface area contributed by atoms with E-state index in [1.54, 1.807) is 0 Å². The molecule has 0 bridgehead atoms. The number of allylic oxidation sites excluding steroid dienone is 1. The highest BCUT2D eigenvalue weighted by molar-refractivity contribution is 5.45. The molecule has 37 heavy (non-hydrogen) atoms. The monoisotopic (exact) mass is 504 g/mol. The third-order valence-corrected chi connectivity index (χ3v) is 11.4. The van der Waals surface area contributed by atoms with Crippen LogP contribution in [0.25, 0.3) is 0 Å². The van der Waals surface area contributed by atoms with Crippen molar-refractivity contribution in [2.75, 3.05) is 13.2 Å². The van der Waals surface area contributed by atoms with Gasteiger partial charge in [-0.3, -0.25) is 0 Å². The molecule has 7 atom stereocenters. The second-order valence-electron chi connectivity index (χ2n) is 13.1. The van der Waals surface area contributed by atoms with Crippen molar-refractivity contribution in [3.63, 3.8) is 0 Å². The zero-order valence-electron chi connectivity index (χ0n) is 21.9. The number of benzene rings is 1. The maximum atomic E-state index is 12.1. The van der Waals surface area contributed by atoms with Crippen LogP contribution in [0.3, 0.4) is 0 Å². The van der Waals surface area contributed by atoms with E-state index in [1.165, 1.54) is 35.1 Å². The first-order valence-corrected chi connectivity index (χ1v) is 14.4. The van der Waals surface area contributed by atoms with E-state index in [0.717, 1.165) is 32.1 Å². The summed E-state index contributed by atoms with van der Waals surface area (Å²) in [5.74, 6) is 3.08. The molecule has 1 aliphatic heterocycles. The van der Waals surface area contributed by atoms with Gasteiger partial charge in [0.15, 0.2) is 5.79 Å². The lowest BCUT2D eigenvalue weighted by molar-refractivity contribution is -0.209. The first-order valence-electron chi connectivity index (χ1n) is 14.4. The highest BCUT2D eigenvalue weighted by Gasteiger charge is 2.66. The molecule has 0 radical (unpaired) electrons. The fraction of sp³-hybridized carbons (Fsp3) is 0.688. The van der Waals surface area contributed by atoms with Gasteiger partial charge in [0.25, 0.3) is 0 Å². The average molecular weight is 505 g/mol. The van der Waals surface area contributed by atoms with Gasteiger partial charge in [-0.05, 0) is 85.8 Å². The van der Waals surface area contributed by atoms with Crippen LogP contribution < -0.4 is 0 Å². The van der Waals surface area contributed by atoms with Gasteiger partial charge in [0.1, 0.15) is 11.7 Å². The molecule has 1 aromatic rings. The lowest BCUT2D eigenvalue weighted by Crippen LogP contribution is -2.58. The van der Waals surface area contributed by atoms with Crippen molar-refractivity contribution < 1.29 is 24.8 Å². The molecule has 4 saturated carbocycles. The van der Waals surface area contributed by atoms with Crippen LogP contribution in [0.2, 0.25) is 0 Å². The van der Waals surface area contributed by atoms with Crippen LogP contribution in [0, 0.1) is 29.6 Å². The van der Waals surface area contributed by atoms with Crippen molar-refractivity contribution in [1.82, 2.24) is 0 Å². The summed E-state index contributed by atoms with van der Waals surface area (Å²) >= 11 is 0. The Balaban J connectivity index is 1.35. The molecule has 7 rings (SSSR count). The molecule has 0 amide bonds. The van der Waals surface area contributed by atoms with Crippen molar-refractivity contribution in [3.8, 4) is 12.3 Å². The molecule has 6 aliphatic rings. The number of hydrogen-bond acceptors (Lipinski definition) is 5. The van der Waals surface area contributed by atoms with Crippen LogP contribution in [0.5, 0.6) is 0 Å². The van der Waals surface area contributed by atoms with E-state index in [9.17, 15) is 15.3 Å². The Morgan fingerprint density at radius 3 is 2.35 bits per heavy atom. The third kappa shape index (κ3) is 3.42. The minimum atomic E-state index is -1.30. The van der Waals surface area contributed by atoms with Gasteiger partial charge in [0.05, 0.1) is 18.8 Å². The van der Waals surface area contributed by atoms with Gasteiger partial charge in [0.2, 0.25) is 0 Å². The van der Waals surface area contributed by atoms with Crippen LogP contribution in [-0.4, -0.2) is 51.6 Å². The standard InChI is InChI=1S/C32H40O5/c1-3-27(33)32(35)15-12-25-23-10-13-30(34)19-31(36-16-17-37-31)14-11-26(30)28(23)24(18-29(25,32)2)22-8-6-21(7-9-22)20-4-5-20/h1,6-9,20,23-25,27,33-35H,4-5,10-19H2,2H3/t23-,24+,25-,27-,29-,30+,32+/m0/s1. The largest absolute Gasteiger partial charge is 0.386 e.